The van der Waals surface area contributed by atoms with E-state index in [2.05, 4.69) is 5.32 Å². The minimum absolute atomic E-state index is 0.0444. The van der Waals surface area contributed by atoms with Crippen LogP contribution in [-0.2, 0) is 14.3 Å². The van der Waals surface area contributed by atoms with Crippen LogP contribution < -0.4 is 5.32 Å². The molecule has 2 rings (SSSR count). The highest BCUT2D eigenvalue weighted by Crippen LogP contribution is 2.29. The molecule has 2 amide bonds. The highest BCUT2D eigenvalue weighted by Gasteiger charge is 2.43. The first kappa shape index (κ1) is 16.3. The number of carbonyl (C=O) groups excluding carboxylic acids is 2. The third kappa shape index (κ3) is 3.57. The molecular formula is C16H28N2O3. The highest BCUT2D eigenvalue weighted by molar-refractivity contribution is 5.97. The van der Waals surface area contributed by atoms with Crippen LogP contribution in [-0.4, -0.2) is 48.1 Å². The van der Waals surface area contributed by atoms with Gasteiger partial charge in [-0.1, -0.05) is 19.3 Å². The smallest absolute Gasteiger partial charge is 0.246 e. The molecule has 1 aliphatic heterocycles. The van der Waals surface area contributed by atoms with Gasteiger partial charge in [-0.05, 0) is 39.5 Å². The van der Waals surface area contributed by atoms with Crippen LogP contribution in [0.3, 0.4) is 0 Å². The second-order valence-electron chi connectivity index (χ2n) is 6.99. The molecule has 2 fully saturated rings. The van der Waals surface area contributed by atoms with Gasteiger partial charge in [0.2, 0.25) is 11.8 Å². The Labute approximate surface area is 127 Å². The minimum atomic E-state index is -0.446. The van der Waals surface area contributed by atoms with Gasteiger partial charge in [0.15, 0.2) is 0 Å². The lowest BCUT2D eigenvalue weighted by Crippen LogP contribution is -2.66. The molecule has 0 aromatic heterocycles. The quantitative estimate of drug-likeness (QED) is 0.859. The van der Waals surface area contributed by atoms with Crippen molar-refractivity contribution in [3.63, 3.8) is 0 Å². The fourth-order valence-electron chi connectivity index (χ4n) is 3.32. The lowest BCUT2D eigenvalue weighted by atomic mass is 9.82. The molecule has 2 atom stereocenters. The lowest BCUT2D eigenvalue weighted by Gasteiger charge is -2.43. The zero-order chi connectivity index (χ0) is 15.6. The average Bonchev–Trinajstić information content (AvgIpc) is 2.48. The fourth-order valence-corrected chi connectivity index (χ4v) is 3.32. The number of amides is 2. The second-order valence-corrected chi connectivity index (χ2v) is 6.99. The van der Waals surface area contributed by atoms with Crippen LogP contribution in [0.1, 0.15) is 52.9 Å². The maximum absolute atomic E-state index is 12.8. The molecule has 1 saturated carbocycles. The Bertz CT molecular complexity index is 402. The number of nitrogens with zero attached hydrogens (tertiary/aromatic N) is 1. The molecule has 0 aromatic rings. The van der Waals surface area contributed by atoms with Crippen molar-refractivity contribution in [2.45, 2.75) is 70.6 Å². The van der Waals surface area contributed by atoms with Crippen molar-refractivity contribution in [3.8, 4) is 0 Å². The van der Waals surface area contributed by atoms with Crippen molar-refractivity contribution in [1.82, 2.24) is 10.2 Å². The Morgan fingerprint density at radius 1 is 1.24 bits per heavy atom. The van der Waals surface area contributed by atoms with E-state index in [0.717, 1.165) is 25.7 Å². The topological polar surface area (TPSA) is 58.6 Å². The zero-order valence-electron chi connectivity index (χ0n) is 13.6. The first-order valence-electron chi connectivity index (χ1n) is 8.02. The summed E-state index contributed by atoms with van der Waals surface area (Å²) in [4.78, 5) is 26.8. The van der Waals surface area contributed by atoms with E-state index in [4.69, 9.17) is 4.74 Å². The van der Waals surface area contributed by atoms with Crippen LogP contribution in [0, 0.1) is 5.92 Å². The van der Waals surface area contributed by atoms with E-state index >= 15 is 0 Å². The van der Waals surface area contributed by atoms with E-state index in [9.17, 15) is 9.59 Å². The van der Waals surface area contributed by atoms with Crippen molar-refractivity contribution in [2.24, 2.45) is 5.92 Å². The van der Waals surface area contributed by atoms with Crippen LogP contribution in [0.2, 0.25) is 0 Å². The number of carbonyl (C=O) groups is 2. The molecule has 0 radical (unpaired) electrons. The number of methoxy groups -OCH3 is 1. The van der Waals surface area contributed by atoms with Crippen LogP contribution in [0.15, 0.2) is 0 Å². The number of ether oxygens (including phenoxy) is 1. The molecule has 0 bridgehead atoms. The molecule has 1 N–H and O–H groups in total. The van der Waals surface area contributed by atoms with Gasteiger partial charge in [-0.3, -0.25) is 9.59 Å². The minimum Gasteiger partial charge on any atom is -0.377 e. The van der Waals surface area contributed by atoms with E-state index in [1.54, 1.807) is 18.9 Å². The standard InChI is InChI=1S/C16H28N2O3/c1-11-14(19)17-13(12-8-6-5-7-9-12)15(20)18(11)10-16(2,3)21-4/h11-13H,5-10H2,1-4H3,(H,17,19). The van der Waals surface area contributed by atoms with E-state index < -0.39 is 11.6 Å². The summed E-state index contributed by atoms with van der Waals surface area (Å²) < 4.78 is 5.43. The van der Waals surface area contributed by atoms with Gasteiger partial charge < -0.3 is 15.0 Å². The van der Waals surface area contributed by atoms with E-state index in [1.807, 2.05) is 13.8 Å². The number of hydrogen-bond acceptors (Lipinski definition) is 3. The van der Waals surface area contributed by atoms with Gasteiger partial charge in [-0.25, -0.2) is 0 Å². The van der Waals surface area contributed by atoms with Crippen molar-refractivity contribution in [1.29, 1.82) is 0 Å². The Morgan fingerprint density at radius 3 is 2.43 bits per heavy atom. The van der Waals surface area contributed by atoms with Crippen molar-refractivity contribution in [2.75, 3.05) is 13.7 Å². The van der Waals surface area contributed by atoms with Gasteiger partial charge in [0.1, 0.15) is 12.1 Å². The predicted octanol–water partition coefficient (Wildman–Crippen LogP) is 1.71. The van der Waals surface area contributed by atoms with Gasteiger partial charge >= 0.3 is 0 Å². The lowest BCUT2D eigenvalue weighted by molar-refractivity contribution is -0.154. The van der Waals surface area contributed by atoms with Crippen LogP contribution in [0.25, 0.3) is 0 Å². The summed E-state index contributed by atoms with van der Waals surface area (Å²) in [6, 6.07) is -0.770. The molecule has 2 aliphatic rings. The molecule has 1 aliphatic carbocycles. The normalized spacial score (nSPS) is 28.7. The molecule has 0 spiro atoms. The SMILES string of the molecule is COC(C)(C)CN1C(=O)C(C2CCCCC2)NC(=O)C1C. The van der Waals surface area contributed by atoms with E-state index in [-0.39, 0.29) is 23.8 Å². The fraction of sp³-hybridized carbons (Fsp3) is 0.875. The van der Waals surface area contributed by atoms with E-state index in [1.165, 1.54) is 6.42 Å². The molecule has 120 valence electrons. The van der Waals surface area contributed by atoms with Gasteiger partial charge in [0.05, 0.1) is 5.60 Å². The van der Waals surface area contributed by atoms with Gasteiger partial charge in [-0.15, -0.1) is 0 Å². The first-order valence-corrected chi connectivity index (χ1v) is 8.02. The van der Waals surface area contributed by atoms with Gasteiger partial charge in [-0.2, -0.15) is 0 Å². The largest absolute Gasteiger partial charge is 0.377 e. The van der Waals surface area contributed by atoms with Crippen LogP contribution in [0.5, 0.6) is 0 Å². The summed E-state index contributed by atoms with van der Waals surface area (Å²) in [5, 5.41) is 2.95. The number of hydrogen-bond donors (Lipinski definition) is 1. The Hall–Kier alpha value is -1.10. The van der Waals surface area contributed by atoms with E-state index in [0.29, 0.717) is 6.54 Å². The summed E-state index contributed by atoms with van der Waals surface area (Å²) in [7, 11) is 1.64. The summed E-state index contributed by atoms with van der Waals surface area (Å²) in [6.07, 6.45) is 5.62. The van der Waals surface area contributed by atoms with Crippen LogP contribution >= 0.6 is 0 Å². The molecular weight excluding hydrogens is 268 g/mol. The van der Waals surface area contributed by atoms with Crippen molar-refractivity contribution < 1.29 is 14.3 Å². The average molecular weight is 296 g/mol. The highest BCUT2D eigenvalue weighted by atomic mass is 16.5. The molecule has 5 heteroatoms. The maximum Gasteiger partial charge on any atom is 0.246 e. The number of rotatable bonds is 4. The zero-order valence-corrected chi connectivity index (χ0v) is 13.6. The second kappa shape index (κ2) is 6.34. The Kier molecular flexibility index (Phi) is 4.91. The van der Waals surface area contributed by atoms with Crippen molar-refractivity contribution >= 4 is 11.8 Å². The molecule has 21 heavy (non-hydrogen) atoms. The number of nitrogens with one attached hydrogen (secondary N) is 1. The molecule has 5 nitrogen and oxygen atoms in total. The third-order valence-electron chi connectivity index (χ3n) is 4.92. The molecule has 1 heterocycles. The summed E-state index contributed by atoms with van der Waals surface area (Å²) >= 11 is 0. The Morgan fingerprint density at radius 2 is 1.86 bits per heavy atom. The maximum atomic E-state index is 12.8. The Balaban J connectivity index is 2.14. The third-order valence-corrected chi connectivity index (χ3v) is 4.92. The first-order chi connectivity index (χ1) is 9.85. The van der Waals surface area contributed by atoms with Crippen LogP contribution in [0.4, 0.5) is 0 Å². The van der Waals surface area contributed by atoms with Gasteiger partial charge in [0.25, 0.3) is 0 Å². The van der Waals surface area contributed by atoms with Gasteiger partial charge in [0, 0.05) is 13.7 Å². The van der Waals surface area contributed by atoms with Crippen molar-refractivity contribution in [3.05, 3.63) is 0 Å². The summed E-state index contributed by atoms with van der Waals surface area (Å²) in [5.74, 6) is 0.298. The monoisotopic (exact) mass is 296 g/mol. The predicted molar refractivity (Wildman–Crippen MR) is 80.8 cm³/mol. The number of piperazine rings is 1. The summed E-state index contributed by atoms with van der Waals surface area (Å²) in [6.45, 7) is 6.11. The molecule has 1 saturated heterocycles. The molecule has 2 unspecified atom stereocenters. The summed E-state index contributed by atoms with van der Waals surface area (Å²) in [5.41, 5.74) is -0.446. The molecule has 0 aromatic carbocycles.